The van der Waals surface area contributed by atoms with Crippen LogP contribution in [0.4, 0.5) is 0 Å². The molecule has 0 saturated carbocycles. The first-order valence-electron chi connectivity index (χ1n) is 23.4. The predicted molar refractivity (Wildman–Crippen MR) is 285 cm³/mol. The van der Waals surface area contributed by atoms with Gasteiger partial charge in [0.1, 0.15) is 0 Å². The molecule has 0 N–H and O–H groups in total. The summed E-state index contributed by atoms with van der Waals surface area (Å²) in [5.41, 5.74) is 15.1. The molecular formula is C63H40N6. The van der Waals surface area contributed by atoms with Gasteiger partial charge in [-0.2, -0.15) is 9.97 Å². The summed E-state index contributed by atoms with van der Waals surface area (Å²) in [5.74, 6) is 1.74. The highest BCUT2D eigenvalue weighted by Crippen LogP contribution is 2.46. The normalized spacial score (nSPS) is 11.8. The van der Waals surface area contributed by atoms with Gasteiger partial charge in [0.2, 0.25) is 5.95 Å². The Hall–Kier alpha value is -9.39. The average Bonchev–Trinajstić information content (AvgIpc) is 4.07. The van der Waals surface area contributed by atoms with Gasteiger partial charge in [-0.25, -0.2) is 4.98 Å². The van der Waals surface area contributed by atoms with E-state index in [4.69, 9.17) is 15.0 Å². The second-order valence-electron chi connectivity index (χ2n) is 17.6. The Bertz CT molecular complexity index is 4230. The summed E-state index contributed by atoms with van der Waals surface area (Å²) in [7, 11) is 0. The van der Waals surface area contributed by atoms with E-state index in [2.05, 4.69) is 238 Å². The van der Waals surface area contributed by atoms with Crippen LogP contribution in [0.15, 0.2) is 243 Å². The number of fused-ring (bicyclic) bond motifs is 10. The van der Waals surface area contributed by atoms with Gasteiger partial charge < -0.3 is 9.13 Å². The molecule has 0 atom stereocenters. The first-order chi connectivity index (χ1) is 34.2. The molecule has 0 unspecified atom stereocenters. The van der Waals surface area contributed by atoms with Crippen molar-refractivity contribution in [2.75, 3.05) is 0 Å². The Morgan fingerprint density at radius 3 is 1.28 bits per heavy atom. The Morgan fingerprint density at radius 2 is 0.681 bits per heavy atom. The van der Waals surface area contributed by atoms with Crippen molar-refractivity contribution in [1.82, 2.24) is 28.7 Å². The Morgan fingerprint density at radius 1 is 0.261 bits per heavy atom. The SMILES string of the molecule is c1ccc(-c2cccc(-c3ccc(-c4nc(-c5ccccc5)nc(-n5c6ccccc6c6c7c8ccccc8n(-c8ccccc8)c7c(-n7c8ccccc8c8ccccc87)cc65)n4)cc3)c2)cc1. The van der Waals surface area contributed by atoms with E-state index >= 15 is 0 Å². The summed E-state index contributed by atoms with van der Waals surface area (Å²) in [6.07, 6.45) is 0. The summed E-state index contributed by atoms with van der Waals surface area (Å²) in [6.45, 7) is 0. The topological polar surface area (TPSA) is 53.5 Å². The Balaban J connectivity index is 1.07. The van der Waals surface area contributed by atoms with Crippen LogP contribution >= 0.6 is 0 Å². The quantitative estimate of drug-likeness (QED) is 0.160. The van der Waals surface area contributed by atoms with Crippen LogP contribution < -0.4 is 0 Å². The molecule has 0 aliphatic rings. The van der Waals surface area contributed by atoms with E-state index in [0.717, 1.165) is 77.5 Å². The van der Waals surface area contributed by atoms with Crippen LogP contribution in [0.1, 0.15) is 0 Å². The number of rotatable bonds is 7. The van der Waals surface area contributed by atoms with Gasteiger partial charge in [0.25, 0.3) is 0 Å². The lowest BCUT2D eigenvalue weighted by atomic mass is 9.98. The van der Waals surface area contributed by atoms with Crippen LogP contribution in [0, 0.1) is 0 Å². The number of hydrogen-bond donors (Lipinski definition) is 0. The largest absolute Gasteiger partial charge is 0.307 e. The molecule has 0 aliphatic heterocycles. The van der Waals surface area contributed by atoms with Crippen molar-refractivity contribution in [2.45, 2.75) is 0 Å². The molecule has 4 aromatic heterocycles. The van der Waals surface area contributed by atoms with E-state index in [1.54, 1.807) is 0 Å². The monoisotopic (exact) mass is 880 g/mol. The lowest BCUT2D eigenvalue weighted by Crippen LogP contribution is -2.07. The molecule has 0 fully saturated rings. The fourth-order valence-electron chi connectivity index (χ4n) is 10.6. The van der Waals surface area contributed by atoms with Gasteiger partial charge in [-0.1, -0.05) is 194 Å². The minimum absolute atomic E-state index is 0.545. The summed E-state index contributed by atoms with van der Waals surface area (Å²) >= 11 is 0. The fourth-order valence-corrected chi connectivity index (χ4v) is 10.6. The van der Waals surface area contributed by atoms with Gasteiger partial charge in [0, 0.05) is 49.1 Å². The number of aromatic nitrogens is 6. The second-order valence-corrected chi connectivity index (χ2v) is 17.6. The maximum absolute atomic E-state index is 5.44. The van der Waals surface area contributed by atoms with Crippen LogP contribution in [0.5, 0.6) is 0 Å². The zero-order valence-electron chi connectivity index (χ0n) is 37.3. The molecule has 0 radical (unpaired) electrons. The van der Waals surface area contributed by atoms with Crippen LogP contribution in [0.25, 0.3) is 128 Å². The molecule has 0 saturated heterocycles. The molecule has 10 aromatic carbocycles. The highest BCUT2D eigenvalue weighted by Gasteiger charge is 2.27. The third-order valence-electron chi connectivity index (χ3n) is 13.7. The third-order valence-corrected chi connectivity index (χ3v) is 13.7. The first-order valence-corrected chi connectivity index (χ1v) is 23.4. The van der Waals surface area contributed by atoms with Crippen molar-refractivity contribution >= 4 is 65.4 Å². The third kappa shape index (κ3) is 6.16. The number of para-hydroxylation sites is 5. The van der Waals surface area contributed by atoms with E-state index in [-0.39, 0.29) is 0 Å². The molecular weight excluding hydrogens is 841 g/mol. The Kier molecular flexibility index (Phi) is 8.79. The highest BCUT2D eigenvalue weighted by atomic mass is 15.2. The number of nitrogens with zero attached hydrogens (tertiary/aromatic N) is 6. The molecule has 322 valence electrons. The fraction of sp³-hybridized carbons (Fsp3) is 0. The van der Waals surface area contributed by atoms with E-state index in [1.807, 2.05) is 18.2 Å². The molecule has 0 amide bonds. The molecule has 6 nitrogen and oxygen atoms in total. The zero-order valence-corrected chi connectivity index (χ0v) is 37.3. The molecule has 0 spiro atoms. The van der Waals surface area contributed by atoms with Crippen LogP contribution in [-0.4, -0.2) is 28.7 Å². The van der Waals surface area contributed by atoms with Crippen LogP contribution in [0.3, 0.4) is 0 Å². The van der Waals surface area contributed by atoms with E-state index < -0.39 is 0 Å². The second kappa shape index (κ2) is 15.6. The van der Waals surface area contributed by atoms with Gasteiger partial charge in [0.15, 0.2) is 11.6 Å². The minimum Gasteiger partial charge on any atom is -0.307 e. The standard InChI is InChI=1S/C63H40N6/c1-4-19-41(20-5-1)45-23-18-24-46(39-45)42-35-37-44(38-36-42)62-64-61(43-21-6-2-7-22-43)65-63(66-62)69-55-34-17-12-29-50(55)58-56(69)40-57(68-52-31-14-10-27-48(52)49-28-11-15-32-53(49)68)60-59(58)51-30-13-16-33-54(51)67(60)47-25-8-3-9-26-47/h1-40H. The van der Waals surface area contributed by atoms with E-state index in [9.17, 15) is 0 Å². The van der Waals surface area contributed by atoms with Gasteiger partial charge in [-0.05, 0) is 70.8 Å². The smallest absolute Gasteiger partial charge is 0.238 e. The molecule has 6 heteroatoms. The predicted octanol–water partition coefficient (Wildman–Crippen LogP) is 15.8. The van der Waals surface area contributed by atoms with Gasteiger partial charge >= 0.3 is 0 Å². The summed E-state index contributed by atoms with van der Waals surface area (Å²) in [5, 5.41) is 7.00. The molecule has 69 heavy (non-hydrogen) atoms. The van der Waals surface area contributed by atoms with Crippen molar-refractivity contribution in [1.29, 1.82) is 0 Å². The summed E-state index contributed by atoms with van der Waals surface area (Å²) in [4.78, 5) is 16.0. The van der Waals surface area contributed by atoms with Crippen LogP contribution in [-0.2, 0) is 0 Å². The van der Waals surface area contributed by atoms with Crippen molar-refractivity contribution in [3.05, 3.63) is 243 Å². The zero-order chi connectivity index (χ0) is 45.4. The average molecular weight is 881 g/mol. The van der Waals surface area contributed by atoms with Crippen molar-refractivity contribution in [2.24, 2.45) is 0 Å². The van der Waals surface area contributed by atoms with Gasteiger partial charge in [0.05, 0.1) is 38.8 Å². The maximum atomic E-state index is 5.44. The lowest BCUT2D eigenvalue weighted by molar-refractivity contribution is 0.953. The molecule has 14 rings (SSSR count). The molecule has 0 aliphatic carbocycles. The molecule has 14 aromatic rings. The van der Waals surface area contributed by atoms with E-state index in [1.165, 1.54) is 32.7 Å². The van der Waals surface area contributed by atoms with Crippen molar-refractivity contribution in [3.8, 4) is 62.4 Å². The number of hydrogen-bond acceptors (Lipinski definition) is 3. The number of benzene rings is 10. The summed E-state index contributed by atoms with van der Waals surface area (Å²) < 4.78 is 7.17. The van der Waals surface area contributed by atoms with E-state index in [0.29, 0.717) is 17.6 Å². The maximum Gasteiger partial charge on any atom is 0.238 e. The highest BCUT2D eigenvalue weighted by molar-refractivity contribution is 6.31. The van der Waals surface area contributed by atoms with Crippen molar-refractivity contribution < 1.29 is 0 Å². The van der Waals surface area contributed by atoms with Gasteiger partial charge in [-0.3, -0.25) is 4.57 Å². The lowest BCUT2D eigenvalue weighted by Gasteiger charge is -2.16. The molecule has 4 heterocycles. The minimum atomic E-state index is 0.545. The first kappa shape index (κ1) is 38.8. The molecule has 0 bridgehead atoms. The Labute approximate surface area is 397 Å². The van der Waals surface area contributed by atoms with Gasteiger partial charge in [-0.15, -0.1) is 0 Å². The van der Waals surface area contributed by atoms with Crippen LogP contribution in [0.2, 0.25) is 0 Å². The summed E-state index contributed by atoms with van der Waals surface area (Å²) in [6, 6.07) is 86.2. The van der Waals surface area contributed by atoms with Crippen molar-refractivity contribution in [3.63, 3.8) is 0 Å².